The molecule has 0 aliphatic rings. The zero-order valence-corrected chi connectivity index (χ0v) is 11.0. The molecule has 0 fully saturated rings. The molecule has 0 saturated heterocycles. The third-order valence-electron chi connectivity index (χ3n) is 2.75. The molecule has 1 atom stereocenters. The van der Waals surface area contributed by atoms with E-state index in [4.69, 9.17) is 0 Å². The molecule has 0 amide bonds. The zero-order chi connectivity index (χ0) is 12.1. The predicted octanol–water partition coefficient (Wildman–Crippen LogP) is 3.03. The highest BCUT2D eigenvalue weighted by Gasteiger charge is 2.09. The van der Waals surface area contributed by atoms with Crippen molar-refractivity contribution in [2.45, 2.75) is 12.5 Å². The fraction of sp³-hybridized carbons (Fsp3) is 0.214. The summed E-state index contributed by atoms with van der Waals surface area (Å²) >= 11 is 3.55. The van der Waals surface area contributed by atoms with E-state index in [-0.39, 0.29) is 5.43 Å². The first-order chi connectivity index (χ1) is 8.29. The smallest absolute Gasteiger partial charge is 0.181 e. The summed E-state index contributed by atoms with van der Waals surface area (Å²) in [5.41, 5.74) is 1.36. The number of halogens is 1. The summed E-state index contributed by atoms with van der Waals surface area (Å²) in [6.07, 6.45) is 3.67. The Morgan fingerprint density at radius 3 is 2.29 bits per heavy atom. The number of hydrogen-bond donors (Lipinski definition) is 0. The average molecular weight is 292 g/mol. The Balaban J connectivity index is 2.15. The van der Waals surface area contributed by atoms with Gasteiger partial charge in [0.05, 0.1) is 0 Å². The Hall–Kier alpha value is -1.35. The quantitative estimate of drug-likeness (QED) is 0.794. The SMILES string of the molecule is O=c1ccn(CC(CBr)c2ccccc2)cc1. The van der Waals surface area contributed by atoms with Gasteiger partial charge in [0.1, 0.15) is 0 Å². The lowest BCUT2D eigenvalue weighted by molar-refractivity contribution is 0.602. The van der Waals surface area contributed by atoms with Gasteiger partial charge in [-0.05, 0) is 5.56 Å². The molecule has 0 bridgehead atoms. The van der Waals surface area contributed by atoms with Crippen LogP contribution in [0, 0.1) is 0 Å². The van der Waals surface area contributed by atoms with Gasteiger partial charge in [-0.25, -0.2) is 0 Å². The Labute approximate surface area is 109 Å². The summed E-state index contributed by atoms with van der Waals surface area (Å²) in [4.78, 5) is 11.0. The van der Waals surface area contributed by atoms with Crippen LogP contribution in [0.25, 0.3) is 0 Å². The van der Waals surface area contributed by atoms with Crippen molar-refractivity contribution < 1.29 is 0 Å². The van der Waals surface area contributed by atoms with E-state index in [1.165, 1.54) is 5.56 Å². The first-order valence-electron chi connectivity index (χ1n) is 5.56. The minimum Gasteiger partial charge on any atom is -0.353 e. The molecule has 2 aromatic rings. The summed E-state index contributed by atoms with van der Waals surface area (Å²) < 4.78 is 2.04. The third kappa shape index (κ3) is 3.30. The van der Waals surface area contributed by atoms with E-state index >= 15 is 0 Å². The highest BCUT2D eigenvalue weighted by atomic mass is 79.9. The lowest BCUT2D eigenvalue weighted by atomic mass is 10.0. The summed E-state index contributed by atoms with van der Waals surface area (Å²) in [6, 6.07) is 13.6. The summed E-state index contributed by atoms with van der Waals surface area (Å²) in [5, 5.41) is 0.906. The van der Waals surface area contributed by atoms with E-state index in [9.17, 15) is 4.79 Å². The maximum atomic E-state index is 11.0. The van der Waals surface area contributed by atoms with Crippen LogP contribution in [-0.2, 0) is 6.54 Å². The number of rotatable bonds is 4. The van der Waals surface area contributed by atoms with Gasteiger partial charge in [0.15, 0.2) is 5.43 Å². The van der Waals surface area contributed by atoms with Crippen LogP contribution in [0.15, 0.2) is 59.7 Å². The van der Waals surface area contributed by atoms with Gasteiger partial charge in [-0.2, -0.15) is 0 Å². The lowest BCUT2D eigenvalue weighted by Gasteiger charge is -2.16. The number of hydrogen-bond acceptors (Lipinski definition) is 1. The molecule has 1 aromatic heterocycles. The lowest BCUT2D eigenvalue weighted by Crippen LogP contribution is -2.12. The number of pyridine rings is 1. The Kier molecular flexibility index (Phi) is 4.15. The van der Waals surface area contributed by atoms with E-state index in [1.54, 1.807) is 12.1 Å². The van der Waals surface area contributed by atoms with Crippen molar-refractivity contribution in [3.63, 3.8) is 0 Å². The van der Waals surface area contributed by atoms with E-state index in [0.717, 1.165) is 11.9 Å². The first-order valence-corrected chi connectivity index (χ1v) is 6.69. The predicted molar refractivity (Wildman–Crippen MR) is 73.7 cm³/mol. The number of nitrogens with zero attached hydrogens (tertiary/aromatic N) is 1. The molecule has 2 rings (SSSR count). The molecule has 0 radical (unpaired) electrons. The maximum Gasteiger partial charge on any atom is 0.181 e. The van der Waals surface area contributed by atoms with Crippen LogP contribution in [0.5, 0.6) is 0 Å². The first kappa shape index (κ1) is 12.1. The molecule has 0 aliphatic carbocycles. The molecule has 1 unspecified atom stereocenters. The highest BCUT2D eigenvalue weighted by molar-refractivity contribution is 9.09. The molecule has 0 N–H and O–H groups in total. The maximum absolute atomic E-state index is 11.0. The zero-order valence-electron chi connectivity index (χ0n) is 9.42. The van der Waals surface area contributed by atoms with Gasteiger partial charge >= 0.3 is 0 Å². The fourth-order valence-corrected chi connectivity index (χ4v) is 2.37. The molecule has 17 heavy (non-hydrogen) atoms. The Morgan fingerprint density at radius 2 is 1.71 bits per heavy atom. The summed E-state index contributed by atoms with van der Waals surface area (Å²) in [5.74, 6) is 0.415. The minimum atomic E-state index is 0.0522. The second kappa shape index (κ2) is 5.82. The van der Waals surface area contributed by atoms with E-state index < -0.39 is 0 Å². The average Bonchev–Trinajstić information content (AvgIpc) is 2.39. The Morgan fingerprint density at radius 1 is 1.06 bits per heavy atom. The largest absolute Gasteiger partial charge is 0.353 e. The standard InChI is InChI=1S/C14H14BrNO/c15-10-13(12-4-2-1-3-5-12)11-16-8-6-14(17)7-9-16/h1-9,13H,10-11H2. The Bertz CT molecular complexity index is 501. The van der Waals surface area contributed by atoms with Gasteiger partial charge in [-0.15, -0.1) is 0 Å². The van der Waals surface area contributed by atoms with Crippen molar-refractivity contribution in [1.29, 1.82) is 0 Å². The van der Waals surface area contributed by atoms with Crippen LogP contribution >= 0.6 is 15.9 Å². The van der Waals surface area contributed by atoms with Gasteiger partial charge in [0.25, 0.3) is 0 Å². The van der Waals surface area contributed by atoms with Crippen LogP contribution in [0.4, 0.5) is 0 Å². The molecular formula is C14H14BrNO. The number of benzene rings is 1. The van der Waals surface area contributed by atoms with Crippen molar-refractivity contribution in [1.82, 2.24) is 4.57 Å². The molecule has 2 nitrogen and oxygen atoms in total. The molecular weight excluding hydrogens is 278 g/mol. The molecule has 88 valence electrons. The minimum absolute atomic E-state index is 0.0522. The van der Waals surface area contributed by atoms with E-state index in [0.29, 0.717) is 5.92 Å². The van der Waals surface area contributed by atoms with Crippen molar-refractivity contribution in [3.8, 4) is 0 Å². The van der Waals surface area contributed by atoms with Crippen LogP contribution in [0.1, 0.15) is 11.5 Å². The van der Waals surface area contributed by atoms with Crippen molar-refractivity contribution in [2.24, 2.45) is 0 Å². The van der Waals surface area contributed by atoms with Crippen LogP contribution in [0.2, 0.25) is 0 Å². The number of aromatic nitrogens is 1. The van der Waals surface area contributed by atoms with Crippen molar-refractivity contribution >= 4 is 15.9 Å². The van der Waals surface area contributed by atoms with Crippen molar-refractivity contribution in [3.05, 3.63) is 70.6 Å². The second-order valence-corrected chi connectivity index (χ2v) is 4.64. The van der Waals surface area contributed by atoms with Gasteiger partial charge in [0, 0.05) is 42.3 Å². The number of alkyl halides is 1. The summed E-state index contributed by atoms with van der Waals surface area (Å²) in [6.45, 7) is 0.871. The normalized spacial score (nSPS) is 12.3. The molecule has 0 spiro atoms. The fourth-order valence-electron chi connectivity index (χ4n) is 1.79. The third-order valence-corrected chi connectivity index (χ3v) is 3.53. The van der Waals surface area contributed by atoms with Crippen LogP contribution < -0.4 is 5.43 Å². The molecule has 3 heteroatoms. The molecule has 1 aromatic carbocycles. The molecule has 1 heterocycles. The van der Waals surface area contributed by atoms with Crippen LogP contribution in [-0.4, -0.2) is 9.90 Å². The molecule has 0 aliphatic heterocycles. The highest BCUT2D eigenvalue weighted by Crippen LogP contribution is 2.19. The van der Waals surface area contributed by atoms with Gasteiger partial charge < -0.3 is 4.57 Å². The van der Waals surface area contributed by atoms with Crippen LogP contribution in [0.3, 0.4) is 0 Å². The van der Waals surface area contributed by atoms with E-state index in [2.05, 4.69) is 40.2 Å². The van der Waals surface area contributed by atoms with Gasteiger partial charge in [0.2, 0.25) is 0 Å². The van der Waals surface area contributed by atoms with Crippen molar-refractivity contribution in [2.75, 3.05) is 5.33 Å². The van der Waals surface area contributed by atoms with E-state index in [1.807, 2.05) is 23.0 Å². The van der Waals surface area contributed by atoms with Gasteiger partial charge in [-0.1, -0.05) is 46.3 Å². The second-order valence-electron chi connectivity index (χ2n) is 3.99. The van der Waals surface area contributed by atoms with Gasteiger partial charge in [-0.3, -0.25) is 4.79 Å². The molecule has 0 saturated carbocycles. The monoisotopic (exact) mass is 291 g/mol. The topological polar surface area (TPSA) is 22.0 Å². The summed E-state index contributed by atoms with van der Waals surface area (Å²) in [7, 11) is 0.